The number of benzene rings is 1. The van der Waals surface area contributed by atoms with Gasteiger partial charge in [-0.15, -0.1) is 6.42 Å². The molecule has 2 rings (SSSR count). The summed E-state index contributed by atoms with van der Waals surface area (Å²) in [5.41, 5.74) is 2.35. The molecule has 0 aliphatic heterocycles. The fraction of sp³-hybridized carbons (Fsp3) is 0.154. The third kappa shape index (κ3) is 1.64. The average Bonchev–Trinajstić information content (AvgIpc) is 2.59. The first-order chi connectivity index (χ1) is 7.36. The van der Waals surface area contributed by atoms with Gasteiger partial charge in [0.1, 0.15) is 6.54 Å². The van der Waals surface area contributed by atoms with Crippen molar-refractivity contribution in [2.24, 2.45) is 0 Å². The summed E-state index contributed by atoms with van der Waals surface area (Å²) in [7, 11) is 0. The normalized spacial score (nSPS) is 10.1. The lowest BCUT2D eigenvalue weighted by atomic mass is 10.3. The number of hydrogen-bond donors (Lipinski definition) is 0. The van der Waals surface area contributed by atoms with Crippen molar-refractivity contribution < 1.29 is 4.57 Å². The lowest BCUT2D eigenvalue weighted by Gasteiger charge is -1.89. The fourth-order valence-electron chi connectivity index (χ4n) is 1.75. The molecule has 0 radical (unpaired) electrons. The summed E-state index contributed by atoms with van der Waals surface area (Å²) in [5, 5.41) is 0. The summed E-state index contributed by atoms with van der Waals surface area (Å²) in [6.45, 7) is 5.15. The Kier molecular flexibility index (Phi) is 2.55. The summed E-state index contributed by atoms with van der Waals surface area (Å²) in [6.07, 6.45) is 9.25. The third-order valence-electron chi connectivity index (χ3n) is 2.37. The number of rotatable bonds is 3. The van der Waals surface area contributed by atoms with Crippen LogP contribution in [0.2, 0.25) is 0 Å². The first-order valence-electron chi connectivity index (χ1n) is 4.88. The quantitative estimate of drug-likeness (QED) is 0.403. The molecule has 15 heavy (non-hydrogen) atoms. The molecule has 0 aliphatic carbocycles. The zero-order valence-corrected chi connectivity index (χ0v) is 8.56. The van der Waals surface area contributed by atoms with Gasteiger partial charge in [0.2, 0.25) is 6.33 Å². The van der Waals surface area contributed by atoms with Crippen LogP contribution in [0.1, 0.15) is 0 Å². The minimum atomic E-state index is 0.602. The number of nitrogens with zero attached hydrogens (tertiary/aromatic N) is 2. The molecule has 0 saturated heterocycles. The molecular weight excluding hydrogens is 184 g/mol. The van der Waals surface area contributed by atoms with E-state index in [1.54, 1.807) is 0 Å². The zero-order valence-electron chi connectivity index (χ0n) is 8.56. The molecule has 0 bridgehead atoms. The Morgan fingerprint density at radius 3 is 3.00 bits per heavy atom. The molecule has 0 fully saturated rings. The molecule has 1 aromatic heterocycles. The number of terminal acetylenes is 1. The second-order valence-corrected chi connectivity index (χ2v) is 3.38. The van der Waals surface area contributed by atoms with E-state index in [4.69, 9.17) is 6.42 Å². The molecule has 74 valence electrons. The highest BCUT2D eigenvalue weighted by Crippen LogP contribution is 2.09. The van der Waals surface area contributed by atoms with Crippen molar-refractivity contribution in [2.75, 3.05) is 0 Å². The predicted molar refractivity (Wildman–Crippen MR) is 61.2 cm³/mol. The highest BCUT2D eigenvalue weighted by molar-refractivity contribution is 5.71. The number of imidazole rings is 1. The van der Waals surface area contributed by atoms with Crippen LogP contribution in [0.5, 0.6) is 0 Å². The first kappa shape index (κ1) is 9.54. The highest BCUT2D eigenvalue weighted by Gasteiger charge is 2.12. The van der Waals surface area contributed by atoms with E-state index in [0.29, 0.717) is 6.54 Å². The average molecular weight is 197 g/mol. The molecule has 0 atom stereocenters. The van der Waals surface area contributed by atoms with E-state index < -0.39 is 0 Å². The first-order valence-corrected chi connectivity index (χ1v) is 4.88. The van der Waals surface area contributed by atoms with Gasteiger partial charge in [-0.25, -0.2) is 9.13 Å². The molecule has 1 heterocycles. The number of para-hydroxylation sites is 2. The van der Waals surface area contributed by atoms with Crippen molar-refractivity contribution in [1.29, 1.82) is 0 Å². The van der Waals surface area contributed by atoms with Gasteiger partial charge in [0.25, 0.3) is 0 Å². The number of allylic oxidation sites excluding steroid dienone is 1. The SMILES string of the molecule is C#CCn1c[n+](CC=C)c2ccccc21. The van der Waals surface area contributed by atoms with Gasteiger partial charge in [0.05, 0.1) is 0 Å². The van der Waals surface area contributed by atoms with Crippen LogP contribution in [0.25, 0.3) is 11.0 Å². The fourth-order valence-corrected chi connectivity index (χ4v) is 1.75. The maximum absolute atomic E-state index is 5.33. The molecule has 0 N–H and O–H groups in total. The maximum atomic E-state index is 5.33. The smallest absolute Gasteiger partial charge is 0.226 e. The van der Waals surface area contributed by atoms with E-state index in [-0.39, 0.29) is 0 Å². The van der Waals surface area contributed by atoms with Crippen LogP contribution < -0.4 is 4.57 Å². The molecule has 0 unspecified atom stereocenters. The van der Waals surface area contributed by atoms with Crippen LogP contribution in [-0.2, 0) is 13.1 Å². The van der Waals surface area contributed by atoms with Crippen LogP contribution >= 0.6 is 0 Å². The minimum Gasteiger partial charge on any atom is -0.226 e. The van der Waals surface area contributed by atoms with Crippen molar-refractivity contribution in [2.45, 2.75) is 13.1 Å². The lowest BCUT2D eigenvalue weighted by molar-refractivity contribution is -0.661. The Balaban J connectivity index is 2.63. The second-order valence-electron chi connectivity index (χ2n) is 3.38. The van der Waals surface area contributed by atoms with Gasteiger partial charge in [0.15, 0.2) is 17.6 Å². The third-order valence-corrected chi connectivity index (χ3v) is 2.37. The van der Waals surface area contributed by atoms with Crippen molar-refractivity contribution in [1.82, 2.24) is 4.57 Å². The van der Waals surface area contributed by atoms with Gasteiger partial charge in [0, 0.05) is 0 Å². The summed E-state index contributed by atoms with van der Waals surface area (Å²) >= 11 is 0. The van der Waals surface area contributed by atoms with Crippen molar-refractivity contribution in [3.05, 3.63) is 43.2 Å². The molecule has 0 spiro atoms. The highest BCUT2D eigenvalue weighted by atomic mass is 15.1. The second kappa shape index (κ2) is 4.02. The van der Waals surface area contributed by atoms with Crippen molar-refractivity contribution in [3.63, 3.8) is 0 Å². The van der Waals surface area contributed by atoms with Crippen molar-refractivity contribution in [3.8, 4) is 12.3 Å². The van der Waals surface area contributed by atoms with Crippen LogP contribution in [-0.4, -0.2) is 4.57 Å². The number of fused-ring (bicyclic) bond motifs is 1. The molecule has 2 aromatic rings. The molecular formula is C13H13N2+. The number of hydrogen-bond acceptors (Lipinski definition) is 0. The standard InChI is InChI=1S/C13H13N2/c1-3-9-14-11-15(10-4-2)13-8-6-5-7-12(13)14/h1,4-8,11H,2,9-10H2/q+1. The maximum Gasteiger partial charge on any atom is 0.245 e. The van der Waals surface area contributed by atoms with Gasteiger partial charge < -0.3 is 0 Å². The monoisotopic (exact) mass is 197 g/mol. The molecule has 0 saturated carbocycles. The largest absolute Gasteiger partial charge is 0.245 e. The Labute approximate surface area is 89.5 Å². The molecule has 2 nitrogen and oxygen atoms in total. The summed E-state index contributed by atoms with van der Waals surface area (Å²) in [6, 6.07) is 8.22. The Morgan fingerprint density at radius 2 is 2.27 bits per heavy atom. The lowest BCUT2D eigenvalue weighted by Crippen LogP contribution is -2.30. The van der Waals surface area contributed by atoms with E-state index in [9.17, 15) is 0 Å². The Bertz CT molecular complexity index is 529. The van der Waals surface area contributed by atoms with E-state index in [2.05, 4.69) is 33.8 Å². The topological polar surface area (TPSA) is 8.81 Å². The van der Waals surface area contributed by atoms with Crippen LogP contribution in [0.4, 0.5) is 0 Å². The summed E-state index contributed by atoms with van der Waals surface area (Å²) in [4.78, 5) is 0. The zero-order chi connectivity index (χ0) is 10.7. The van der Waals surface area contributed by atoms with E-state index in [1.807, 2.05) is 24.5 Å². The van der Waals surface area contributed by atoms with Crippen molar-refractivity contribution >= 4 is 11.0 Å². The van der Waals surface area contributed by atoms with Gasteiger partial charge >= 0.3 is 0 Å². The Morgan fingerprint density at radius 1 is 1.47 bits per heavy atom. The van der Waals surface area contributed by atoms with Gasteiger partial charge in [-0.05, 0) is 12.1 Å². The van der Waals surface area contributed by atoms with E-state index in [1.165, 1.54) is 5.52 Å². The van der Waals surface area contributed by atoms with Gasteiger partial charge in [-0.3, -0.25) is 0 Å². The number of aromatic nitrogens is 2. The van der Waals surface area contributed by atoms with E-state index in [0.717, 1.165) is 12.1 Å². The molecule has 1 aromatic carbocycles. The van der Waals surface area contributed by atoms with E-state index >= 15 is 0 Å². The minimum absolute atomic E-state index is 0.602. The van der Waals surface area contributed by atoms with Crippen LogP contribution in [0.3, 0.4) is 0 Å². The van der Waals surface area contributed by atoms with Crippen LogP contribution in [0, 0.1) is 12.3 Å². The van der Waals surface area contributed by atoms with Crippen LogP contribution in [0.15, 0.2) is 43.2 Å². The molecule has 0 aliphatic rings. The molecule has 2 heteroatoms. The molecule has 0 amide bonds. The van der Waals surface area contributed by atoms with Gasteiger partial charge in [-0.1, -0.05) is 30.7 Å². The predicted octanol–water partition coefficient (Wildman–Crippen LogP) is 1.75. The summed E-state index contributed by atoms with van der Waals surface area (Å²) in [5.74, 6) is 2.66. The Hall–Kier alpha value is -2.01. The summed E-state index contributed by atoms with van der Waals surface area (Å²) < 4.78 is 4.21. The van der Waals surface area contributed by atoms with Gasteiger partial charge in [-0.2, -0.15) is 0 Å².